The number of phosphoric ester groups is 1. The Morgan fingerprint density at radius 1 is 1.16 bits per heavy atom. The first kappa shape index (κ1) is 15.5. The Balaban J connectivity index is 1.82. The van der Waals surface area contributed by atoms with Crippen LogP contribution in [0.3, 0.4) is 0 Å². The Morgan fingerprint density at radius 3 is 2.37 bits per heavy atom. The Labute approximate surface area is 115 Å². The first-order valence-corrected chi connectivity index (χ1v) is 8.74. The molecule has 0 spiro atoms. The molecule has 0 radical (unpaired) electrons. The Kier molecular flexibility index (Phi) is 5.07. The average Bonchev–Trinajstić information content (AvgIpc) is 2.35. The molecule has 3 aliphatic rings. The number of fused-ring (bicyclic) bond motifs is 3. The number of ether oxygens (including phenoxy) is 1. The van der Waals surface area contributed by atoms with Crippen molar-refractivity contribution >= 4 is 7.82 Å². The molecule has 5 nitrogen and oxygen atoms in total. The van der Waals surface area contributed by atoms with E-state index < -0.39 is 13.4 Å². The highest BCUT2D eigenvalue weighted by molar-refractivity contribution is 7.48. The van der Waals surface area contributed by atoms with Crippen LogP contribution in [0.5, 0.6) is 0 Å². The molecular weight excluding hydrogens is 267 g/mol. The van der Waals surface area contributed by atoms with Crippen LogP contribution in [0.25, 0.3) is 0 Å². The SMILES string of the molecule is CCCCCCCOC12COP(=O)(OC1C)OC2C. The molecule has 0 amide bonds. The average molecular weight is 292 g/mol. The monoisotopic (exact) mass is 292 g/mol. The second-order valence-corrected chi connectivity index (χ2v) is 7.01. The number of hydrogen-bond donors (Lipinski definition) is 0. The van der Waals surface area contributed by atoms with Gasteiger partial charge in [-0.25, -0.2) is 4.57 Å². The normalized spacial score (nSPS) is 41.6. The second kappa shape index (κ2) is 6.23. The van der Waals surface area contributed by atoms with Crippen molar-refractivity contribution in [2.24, 2.45) is 0 Å². The summed E-state index contributed by atoms with van der Waals surface area (Å²) in [4.78, 5) is 0. The fraction of sp³-hybridized carbons (Fsp3) is 1.00. The Hall–Kier alpha value is 0.0700. The standard InChI is InChI=1S/C13H25O5P/c1-4-5-6-7-8-9-15-13-10-16-19(14,17-11(13)2)18-12(13)3/h11-12H,4-10H2,1-3H3. The molecule has 0 aromatic rings. The largest absolute Gasteiger partial charge is 0.475 e. The molecule has 2 bridgehead atoms. The van der Waals surface area contributed by atoms with Gasteiger partial charge >= 0.3 is 7.82 Å². The van der Waals surface area contributed by atoms with Gasteiger partial charge < -0.3 is 4.74 Å². The number of phosphoric acid groups is 1. The molecule has 2 unspecified atom stereocenters. The van der Waals surface area contributed by atoms with Crippen LogP contribution in [-0.2, 0) is 22.9 Å². The van der Waals surface area contributed by atoms with Crippen molar-refractivity contribution in [3.05, 3.63) is 0 Å². The van der Waals surface area contributed by atoms with Gasteiger partial charge in [-0.05, 0) is 20.3 Å². The third-order valence-corrected chi connectivity index (χ3v) is 5.61. The van der Waals surface area contributed by atoms with Crippen molar-refractivity contribution in [1.82, 2.24) is 0 Å². The molecule has 112 valence electrons. The van der Waals surface area contributed by atoms with E-state index in [-0.39, 0.29) is 12.2 Å². The minimum absolute atomic E-state index is 0.258. The summed E-state index contributed by atoms with van der Waals surface area (Å²) in [5.41, 5.74) is -0.614. The van der Waals surface area contributed by atoms with E-state index in [1.165, 1.54) is 25.7 Å². The van der Waals surface area contributed by atoms with E-state index in [0.29, 0.717) is 13.2 Å². The lowest BCUT2D eigenvalue weighted by atomic mass is 9.92. The maximum absolute atomic E-state index is 11.9. The van der Waals surface area contributed by atoms with Gasteiger partial charge in [0.25, 0.3) is 0 Å². The lowest BCUT2D eigenvalue weighted by molar-refractivity contribution is -0.240. The van der Waals surface area contributed by atoms with E-state index in [4.69, 9.17) is 18.3 Å². The van der Waals surface area contributed by atoms with Crippen LogP contribution in [0, 0.1) is 0 Å². The summed E-state index contributed by atoms with van der Waals surface area (Å²) in [6, 6.07) is 0. The van der Waals surface area contributed by atoms with E-state index in [1.807, 2.05) is 13.8 Å². The molecule has 3 aliphatic heterocycles. The van der Waals surface area contributed by atoms with Crippen LogP contribution >= 0.6 is 7.82 Å². The van der Waals surface area contributed by atoms with Crippen LogP contribution in [-0.4, -0.2) is 31.0 Å². The van der Waals surface area contributed by atoms with Crippen LogP contribution in [0.1, 0.15) is 52.9 Å². The van der Waals surface area contributed by atoms with E-state index in [1.54, 1.807) is 0 Å². The second-order valence-electron chi connectivity index (χ2n) is 5.43. The number of rotatable bonds is 7. The van der Waals surface area contributed by atoms with E-state index in [9.17, 15) is 4.57 Å². The molecule has 0 N–H and O–H groups in total. The lowest BCUT2D eigenvalue weighted by Crippen LogP contribution is -2.62. The zero-order chi connectivity index (χ0) is 13.9. The highest BCUT2D eigenvalue weighted by atomic mass is 31.2. The molecule has 3 heterocycles. The van der Waals surface area contributed by atoms with Gasteiger partial charge in [0.05, 0.1) is 6.61 Å². The van der Waals surface area contributed by atoms with Gasteiger partial charge in [-0.15, -0.1) is 0 Å². The molecule has 3 fully saturated rings. The predicted molar refractivity (Wildman–Crippen MR) is 72.1 cm³/mol. The van der Waals surface area contributed by atoms with Crippen molar-refractivity contribution in [3.8, 4) is 0 Å². The maximum atomic E-state index is 11.9. The molecule has 0 aromatic carbocycles. The Bertz CT molecular complexity index is 330. The summed E-state index contributed by atoms with van der Waals surface area (Å²) in [6.07, 6.45) is 5.45. The predicted octanol–water partition coefficient (Wildman–Crippen LogP) is 3.67. The fourth-order valence-electron chi connectivity index (χ4n) is 2.64. The molecule has 3 rings (SSSR count). The molecule has 0 aromatic heterocycles. The van der Waals surface area contributed by atoms with Gasteiger partial charge in [0.2, 0.25) is 0 Å². The third kappa shape index (κ3) is 3.22. The van der Waals surface area contributed by atoms with Gasteiger partial charge in [-0.3, -0.25) is 13.6 Å². The fourth-order valence-corrected chi connectivity index (χ4v) is 4.30. The first-order chi connectivity index (χ1) is 9.02. The van der Waals surface area contributed by atoms with Crippen LogP contribution < -0.4 is 0 Å². The third-order valence-electron chi connectivity index (χ3n) is 4.02. The highest BCUT2D eigenvalue weighted by Gasteiger charge is 2.60. The molecular formula is C13H25O5P. The topological polar surface area (TPSA) is 54.0 Å². The van der Waals surface area contributed by atoms with Gasteiger partial charge in [0, 0.05) is 6.61 Å². The summed E-state index contributed by atoms with van der Waals surface area (Å²) in [5, 5.41) is 0. The van der Waals surface area contributed by atoms with Crippen molar-refractivity contribution in [2.75, 3.05) is 13.2 Å². The molecule has 0 aliphatic carbocycles. The van der Waals surface area contributed by atoms with Crippen molar-refractivity contribution in [1.29, 1.82) is 0 Å². The Morgan fingerprint density at radius 2 is 1.79 bits per heavy atom. The van der Waals surface area contributed by atoms with Crippen molar-refractivity contribution in [3.63, 3.8) is 0 Å². The molecule has 0 saturated carbocycles. The molecule has 19 heavy (non-hydrogen) atoms. The summed E-state index contributed by atoms with van der Waals surface area (Å²) in [7, 11) is -3.32. The summed E-state index contributed by atoms with van der Waals surface area (Å²) < 4.78 is 33.8. The molecule has 3 saturated heterocycles. The van der Waals surface area contributed by atoms with Crippen molar-refractivity contribution in [2.45, 2.75) is 70.7 Å². The van der Waals surface area contributed by atoms with Gasteiger partial charge in [0.15, 0.2) is 0 Å². The maximum Gasteiger partial charge on any atom is 0.475 e. The smallest absolute Gasteiger partial charge is 0.367 e. The molecule has 2 atom stereocenters. The van der Waals surface area contributed by atoms with Gasteiger partial charge in [-0.1, -0.05) is 32.6 Å². The first-order valence-electron chi connectivity index (χ1n) is 7.28. The lowest BCUT2D eigenvalue weighted by Gasteiger charge is -2.51. The van der Waals surface area contributed by atoms with E-state index in [0.717, 1.165) is 6.42 Å². The van der Waals surface area contributed by atoms with E-state index in [2.05, 4.69) is 6.92 Å². The summed E-state index contributed by atoms with van der Waals surface area (Å²) in [5.74, 6) is 0. The minimum atomic E-state index is -3.32. The van der Waals surface area contributed by atoms with Gasteiger partial charge in [0.1, 0.15) is 17.8 Å². The van der Waals surface area contributed by atoms with Crippen molar-refractivity contribution < 1.29 is 22.9 Å². The number of hydrogen-bond acceptors (Lipinski definition) is 5. The number of unbranched alkanes of at least 4 members (excludes halogenated alkanes) is 4. The quantitative estimate of drug-likeness (QED) is 0.529. The molecule has 6 heteroatoms. The van der Waals surface area contributed by atoms with Gasteiger partial charge in [-0.2, -0.15) is 0 Å². The minimum Gasteiger partial charge on any atom is -0.367 e. The zero-order valence-corrected chi connectivity index (χ0v) is 13.0. The summed E-state index contributed by atoms with van der Waals surface area (Å²) in [6.45, 7) is 6.92. The van der Waals surface area contributed by atoms with E-state index >= 15 is 0 Å². The van der Waals surface area contributed by atoms with Crippen LogP contribution in [0.2, 0.25) is 0 Å². The van der Waals surface area contributed by atoms with Crippen LogP contribution in [0.15, 0.2) is 0 Å². The summed E-state index contributed by atoms with van der Waals surface area (Å²) >= 11 is 0. The van der Waals surface area contributed by atoms with Crippen LogP contribution in [0.4, 0.5) is 0 Å². The zero-order valence-electron chi connectivity index (χ0n) is 12.1. The highest BCUT2D eigenvalue weighted by Crippen LogP contribution is 2.63.